The number of fused-ring (bicyclic) bond motifs is 1. The molecule has 0 saturated heterocycles. The molecule has 0 saturated carbocycles. The molecule has 0 aliphatic rings. The number of nitrogens with zero attached hydrogens (tertiary/aromatic N) is 2. The smallest absolute Gasteiger partial charge is 0.191 e. The highest BCUT2D eigenvalue weighted by Gasteiger charge is 2.04. The number of pyridine rings is 1. The Morgan fingerprint density at radius 1 is 1.12 bits per heavy atom. The summed E-state index contributed by atoms with van der Waals surface area (Å²) in [6.45, 7) is 1.37. The van der Waals surface area contributed by atoms with Crippen molar-refractivity contribution in [1.29, 1.82) is 0 Å². The summed E-state index contributed by atoms with van der Waals surface area (Å²) >= 11 is 0. The van der Waals surface area contributed by atoms with E-state index in [9.17, 15) is 0 Å². The summed E-state index contributed by atoms with van der Waals surface area (Å²) in [4.78, 5) is 8.52. The molecule has 2 aromatic heterocycles. The minimum absolute atomic E-state index is 0. The van der Waals surface area contributed by atoms with Gasteiger partial charge in [0, 0.05) is 37.3 Å². The van der Waals surface area contributed by atoms with E-state index in [1.807, 2.05) is 54.7 Å². The maximum Gasteiger partial charge on any atom is 0.191 e. The molecule has 3 aromatic rings. The van der Waals surface area contributed by atoms with E-state index in [-0.39, 0.29) is 24.0 Å². The molecule has 24 heavy (non-hydrogen) atoms. The molecule has 0 amide bonds. The van der Waals surface area contributed by atoms with Crippen LogP contribution in [0.25, 0.3) is 11.0 Å². The topological polar surface area (TPSA) is 62.5 Å². The van der Waals surface area contributed by atoms with Crippen LogP contribution in [0.3, 0.4) is 0 Å². The molecule has 0 aliphatic heterocycles. The Bertz CT molecular complexity index is 753. The molecule has 0 unspecified atom stereocenters. The normalized spacial score (nSPS) is 11.1. The number of benzene rings is 1. The summed E-state index contributed by atoms with van der Waals surface area (Å²) in [7, 11) is 1.76. The summed E-state index contributed by atoms with van der Waals surface area (Å²) in [5, 5.41) is 7.65. The highest BCUT2D eigenvalue weighted by molar-refractivity contribution is 14.0. The number of aromatic nitrogens is 1. The number of guanidine groups is 1. The lowest BCUT2D eigenvalue weighted by Gasteiger charge is -2.10. The van der Waals surface area contributed by atoms with Gasteiger partial charge in [0.2, 0.25) is 0 Å². The predicted octanol–water partition coefficient (Wildman–Crippen LogP) is 3.35. The highest BCUT2D eigenvalue weighted by Crippen LogP contribution is 2.18. The van der Waals surface area contributed by atoms with E-state index in [0.717, 1.165) is 41.3 Å². The molecular formula is C18H21IN4O. The summed E-state index contributed by atoms with van der Waals surface area (Å²) in [6.07, 6.45) is 2.66. The van der Waals surface area contributed by atoms with Gasteiger partial charge in [-0.1, -0.05) is 24.3 Å². The first-order valence-corrected chi connectivity index (χ1v) is 7.67. The number of nitrogens with one attached hydrogen (secondary N) is 2. The first kappa shape index (κ1) is 18.3. The second-order valence-corrected chi connectivity index (χ2v) is 5.17. The highest BCUT2D eigenvalue weighted by atomic mass is 127. The number of halogens is 1. The van der Waals surface area contributed by atoms with Gasteiger partial charge in [-0.15, -0.1) is 24.0 Å². The molecule has 0 bridgehead atoms. The van der Waals surface area contributed by atoms with Crippen molar-refractivity contribution in [2.45, 2.75) is 13.0 Å². The number of hydrogen-bond acceptors (Lipinski definition) is 3. The SMILES string of the molecule is CN=C(NCCc1ccccn1)NCc1cc2ccccc2o1.I. The lowest BCUT2D eigenvalue weighted by molar-refractivity contribution is 0.538. The third-order valence-corrected chi connectivity index (χ3v) is 3.53. The van der Waals surface area contributed by atoms with E-state index in [1.165, 1.54) is 0 Å². The fraction of sp³-hybridized carbons (Fsp3) is 0.222. The Balaban J connectivity index is 0.00000208. The van der Waals surface area contributed by atoms with Crippen molar-refractivity contribution in [2.75, 3.05) is 13.6 Å². The first-order valence-electron chi connectivity index (χ1n) is 7.67. The van der Waals surface area contributed by atoms with Crippen LogP contribution in [-0.2, 0) is 13.0 Å². The van der Waals surface area contributed by atoms with Crippen LogP contribution in [0, 0.1) is 0 Å². The number of aliphatic imine (C=N–C) groups is 1. The number of para-hydroxylation sites is 1. The van der Waals surface area contributed by atoms with Crippen molar-refractivity contribution in [3.63, 3.8) is 0 Å². The summed E-state index contributed by atoms with van der Waals surface area (Å²) in [5.74, 6) is 1.64. The van der Waals surface area contributed by atoms with Gasteiger partial charge in [-0.2, -0.15) is 0 Å². The van der Waals surface area contributed by atoms with Gasteiger partial charge in [-0.05, 0) is 24.3 Å². The number of hydrogen-bond donors (Lipinski definition) is 2. The fourth-order valence-corrected chi connectivity index (χ4v) is 2.37. The Morgan fingerprint density at radius 3 is 2.71 bits per heavy atom. The van der Waals surface area contributed by atoms with Crippen molar-refractivity contribution in [1.82, 2.24) is 15.6 Å². The van der Waals surface area contributed by atoms with Crippen LogP contribution in [0.15, 0.2) is 64.1 Å². The van der Waals surface area contributed by atoms with E-state index < -0.39 is 0 Å². The summed E-state index contributed by atoms with van der Waals surface area (Å²) in [6, 6.07) is 16.0. The molecule has 5 nitrogen and oxygen atoms in total. The molecule has 0 aliphatic carbocycles. The van der Waals surface area contributed by atoms with E-state index in [2.05, 4.69) is 20.6 Å². The minimum atomic E-state index is 0. The zero-order valence-electron chi connectivity index (χ0n) is 13.5. The number of rotatable bonds is 5. The third kappa shape index (κ3) is 4.95. The van der Waals surface area contributed by atoms with Crippen LogP contribution >= 0.6 is 24.0 Å². The second-order valence-electron chi connectivity index (χ2n) is 5.17. The van der Waals surface area contributed by atoms with Crippen LogP contribution < -0.4 is 10.6 Å². The average Bonchev–Trinajstić information content (AvgIpc) is 3.01. The van der Waals surface area contributed by atoms with Gasteiger partial charge in [-0.3, -0.25) is 9.98 Å². The molecule has 0 spiro atoms. The molecule has 3 rings (SSSR count). The van der Waals surface area contributed by atoms with Crippen molar-refractivity contribution < 1.29 is 4.42 Å². The Kier molecular flexibility index (Phi) is 7.05. The molecule has 1 aromatic carbocycles. The van der Waals surface area contributed by atoms with Crippen molar-refractivity contribution >= 4 is 40.9 Å². The second kappa shape index (κ2) is 9.27. The fourth-order valence-electron chi connectivity index (χ4n) is 2.37. The molecule has 0 radical (unpaired) electrons. The summed E-state index contributed by atoms with van der Waals surface area (Å²) in [5.41, 5.74) is 1.97. The Hall–Kier alpha value is -2.09. The minimum Gasteiger partial charge on any atom is -0.459 e. The molecule has 0 atom stereocenters. The van der Waals surface area contributed by atoms with Gasteiger partial charge in [0.15, 0.2) is 5.96 Å². The maximum atomic E-state index is 5.78. The lowest BCUT2D eigenvalue weighted by atomic mass is 10.2. The molecule has 126 valence electrons. The van der Waals surface area contributed by atoms with Gasteiger partial charge in [0.25, 0.3) is 0 Å². The monoisotopic (exact) mass is 436 g/mol. The Morgan fingerprint density at radius 2 is 1.96 bits per heavy atom. The van der Waals surface area contributed by atoms with Crippen LogP contribution in [0.4, 0.5) is 0 Å². The molecular weight excluding hydrogens is 415 g/mol. The van der Waals surface area contributed by atoms with Gasteiger partial charge >= 0.3 is 0 Å². The summed E-state index contributed by atoms with van der Waals surface area (Å²) < 4.78 is 5.78. The van der Waals surface area contributed by atoms with Crippen molar-refractivity contribution in [2.24, 2.45) is 4.99 Å². The van der Waals surface area contributed by atoms with E-state index in [1.54, 1.807) is 7.05 Å². The van der Waals surface area contributed by atoms with Crippen molar-refractivity contribution in [3.8, 4) is 0 Å². The van der Waals surface area contributed by atoms with Crippen LogP contribution in [0.5, 0.6) is 0 Å². The van der Waals surface area contributed by atoms with Crippen LogP contribution in [0.2, 0.25) is 0 Å². The quantitative estimate of drug-likeness (QED) is 0.366. The average molecular weight is 436 g/mol. The van der Waals surface area contributed by atoms with Gasteiger partial charge in [-0.25, -0.2) is 0 Å². The standard InChI is InChI=1S/C18H20N4O.HI/c1-19-18(21-11-9-15-7-4-5-10-20-15)22-13-16-12-14-6-2-3-8-17(14)23-16;/h2-8,10,12H,9,11,13H2,1H3,(H2,19,21,22);1H. The molecule has 0 fully saturated rings. The van der Waals surface area contributed by atoms with Gasteiger partial charge in [0.1, 0.15) is 11.3 Å². The first-order chi connectivity index (χ1) is 11.3. The zero-order chi connectivity index (χ0) is 15.9. The predicted molar refractivity (Wildman–Crippen MR) is 108 cm³/mol. The Labute approximate surface area is 158 Å². The van der Waals surface area contributed by atoms with Crippen LogP contribution in [0.1, 0.15) is 11.5 Å². The number of furan rings is 1. The molecule has 6 heteroatoms. The van der Waals surface area contributed by atoms with E-state index >= 15 is 0 Å². The third-order valence-electron chi connectivity index (χ3n) is 3.53. The van der Waals surface area contributed by atoms with Gasteiger partial charge < -0.3 is 15.1 Å². The van der Waals surface area contributed by atoms with E-state index in [0.29, 0.717) is 6.54 Å². The molecule has 2 heterocycles. The van der Waals surface area contributed by atoms with Crippen LogP contribution in [-0.4, -0.2) is 24.5 Å². The zero-order valence-corrected chi connectivity index (χ0v) is 15.9. The molecule has 2 N–H and O–H groups in total. The van der Waals surface area contributed by atoms with E-state index in [4.69, 9.17) is 4.42 Å². The lowest BCUT2D eigenvalue weighted by Crippen LogP contribution is -2.37. The van der Waals surface area contributed by atoms with Crippen molar-refractivity contribution in [3.05, 3.63) is 66.2 Å². The van der Waals surface area contributed by atoms with Gasteiger partial charge in [0.05, 0.1) is 6.54 Å². The maximum absolute atomic E-state index is 5.78. The largest absolute Gasteiger partial charge is 0.459 e.